The fourth-order valence-electron chi connectivity index (χ4n) is 4.47. The Bertz CT molecular complexity index is 1120. The molecule has 5 rings (SSSR count). The van der Waals surface area contributed by atoms with Crippen molar-refractivity contribution in [2.24, 2.45) is 0 Å². The highest BCUT2D eigenvalue weighted by Gasteiger charge is 2.31. The van der Waals surface area contributed by atoms with Gasteiger partial charge in [-0.05, 0) is 68.7 Å². The topological polar surface area (TPSA) is 74.0 Å². The third-order valence-corrected chi connectivity index (χ3v) is 6.34. The van der Waals surface area contributed by atoms with Gasteiger partial charge in [-0.25, -0.2) is 0 Å². The molecule has 7 heteroatoms. The highest BCUT2D eigenvalue weighted by molar-refractivity contribution is 5.94. The van der Waals surface area contributed by atoms with Gasteiger partial charge in [0.05, 0.1) is 30.5 Å². The molecule has 2 aliphatic rings. The van der Waals surface area contributed by atoms with Crippen LogP contribution in [0.15, 0.2) is 47.0 Å². The van der Waals surface area contributed by atoms with Gasteiger partial charge in [0.25, 0.3) is 5.91 Å². The van der Waals surface area contributed by atoms with Crippen LogP contribution in [0.3, 0.4) is 0 Å². The van der Waals surface area contributed by atoms with E-state index in [1.807, 2.05) is 55.1 Å². The fourth-order valence-corrected chi connectivity index (χ4v) is 4.47. The lowest BCUT2D eigenvalue weighted by Gasteiger charge is -2.26. The third-order valence-electron chi connectivity index (χ3n) is 6.34. The van der Waals surface area contributed by atoms with Crippen molar-refractivity contribution in [3.05, 3.63) is 70.6 Å². The molecule has 0 saturated carbocycles. The molecule has 33 heavy (non-hydrogen) atoms. The SMILES string of the molecule is Cc1noc(C)c1COc1ccc(C(=O)N2CCC[C@H]2c2ccc3c(c2)OCCCO3)cc1. The Labute approximate surface area is 193 Å². The van der Waals surface area contributed by atoms with Crippen molar-refractivity contribution in [1.29, 1.82) is 0 Å². The number of carbonyl (C=O) groups excluding carboxylic acids is 1. The van der Waals surface area contributed by atoms with Crippen LogP contribution in [-0.2, 0) is 6.61 Å². The van der Waals surface area contributed by atoms with Gasteiger partial charge in [0.1, 0.15) is 18.1 Å². The van der Waals surface area contributed by atoms with E-state index in [9.17, 15) is 4.79 Å². The van der Waals surface area contributed by atoms with E-state index in [-0.39, 0.29) is 11.9 Å². The molecular weight excluding hydrogens is 420 g/mol. The summed E-state index contributed by atoms with van der Waals surface area (Å²) in [6, 6.07) is 13.4. The average Bonchev–Trinajstić information content (AvgIpc) is 3.36. The number of nitrogens with zero attached hydrogens (tertiary/aromatic N) is 2. The Balaban J connectivity index is 1.28. The molecule has 1 saturated heterocycles. The lowest BCUT2D eigenvalue weighted by molar-refractivity contribution is 0.0735. The zero-order chi connectivity index (χ0) is 22.8. The zero-order valence-electron chi connectivity index (χ0n) is 19.0. The summed E-state index contributed by atoms with van der Waals surface area (Å²) in [6.45, 7) is 6.20. The number of likely N-dealkylation sites (tertiary alicyclic amines) is 1. The first-order valence-corrected chi connectivity index (χ1v) is 11.5. The van der Waals surface area contributed by atoms with Crippen LogP contribution < -0.4 is 14.2 Å². The molecule has 1 amide bonds. The Morgan fingerprint density at radius 3 is 2.61 bits per heavy atom. The van der Waals surface area contributed by atoms with Crippen LogP contribution in [0.5, 0.6) is 17.2 Å². The number of fused-ring (bicyclic) bond motifs is 1. The van der Waals surface area contributed by atoms with E-state index < -0.39 is 0 Å². The molecule has 1 aromatic heterocycles. The molecule has 0 bridgehead atoms. The van der Waals surface area contributed by atoms with E-state index in [0.717, 1.165) is 59.9 Å². The van der Waals surface area contributed by atoms with Crippen LogP contribution in [0.2, 0.25) is 0 Å². The van der Waals surface area contributed by atoms with Gasteiger partial charge in [0.15, 0.2) is 11.5 Å². The molecule has 0 spiro atoms. The number of amides is 1. The van der Waals surface area contributed by atoms with Gasteiger partial charge >= 0.3 is 0 Å². The predicted molar refractivity (Wildman–Crippen MR) is 122 cm³/mol. The molecule has 3 heterocycles. The van der Waals surface area contributed by atoms with Crippen LogP contribution in [0, 0.1) is 13.8 Å². The molecule has 2 aliphatic heterocycles. The van der Waals surface area contributed by atoms with E-state index in [2.05, 4.69) is 11.2 Å². The first-order chi connectivity index (χ1) is 16.1. The van der Waals surface area contributed by atoms with Crippen molar-refractivity contribution in [2.45, 2.75) is 45.8 Å². The maximum Gasteiger partial charge on any atom is 0.254 e. The monoisotopic (exact) mass is 448 g/mol. The lowest BCUT2D eigenvalue weighted by atomic mass is 10.0. The minimum absolute atomic E-state index is 0.0295. The van der Waals surface area contributed by atoms with Gasteiger partial charge in [-0.15, -0.1) is 0 Å². The number of aryl methyl sites for hydroxylation is 2. The number of benzene rings is 2. The Hall–Kier alpha value is -3.48. The van der Waals surface area contributed by atoms with Gasteiger partial charge in [-0.2, -0.15) is 0 Å². The molecule has 0 N–H and O–H groups in total. The van der Waals surface area contributed by atoms with Gasteiger partial charge in [-0.3, -0.25) is 4.79 Å². The Kier molecular flexibility index (Phi) is 5.94. The first kappa shape index (κ1) is 21.4. The zero-order valence-corrected chi connectivity index (χ0v) is 19.0. The first-order valence-electron chi connectivity index (χ1n) is 11.5. The summed E-state index contributed by atoms with van der Waals surface area (Å²) in [7, 11) is 0. The molecule has 172 valence electrons. The number of carbonyl (C=O) groups is 1. The van der Waals surface area contributed by atoms with Crippen LogP contribution in [-0.4, -0.2) is 35.7 Å². The summed E-state index contributed by atoms with van der Waals surface area (Å²) in [5, 5.41) is 3.95. The van der Waals surface area contributed by atoms with Crippen LogP contribution in [0.25, 0.3) is 0 Å². The van der Waals surface area contributed by atoms with Crippen molar-refractivity contribution in [3.63, 3.8) is 0 Å². The van der Waals surface area contributed by atoms with E-state index in [1.165, 1.54) is 0 Å². The van der Waals surface area contributed by atoms with Crippen molar-refractivity contribution >= 4 is 5.91 Å². The number of hydrogen-bond acceptors (Lipinski definition) is 6. The number of ether oxygens (including phenoxy) is 3. The van der Waals surface area contributed by atoms with Crippen molar-refractivity contribution in [2.75, 3.05) is 19.8 Å². The van der Waals surface area contributed by atoms with E-state index in [4.69, 9.17) is 18.7 Å². The summed E-state index contributed by atoms with van der Waals surface area (Å²) in [5.41, 5.74) is 3.52. The Morgan fingerprint density at radius 1 is 1.06 bits per heavy atom. The highest BCUT2D eigenvalue weighted by Crippen LogP contribution is 2.38. The van der Waals surface area contributed by atoms with Crippen LogP contribution >= 0.6 is 0 Å². The third kappa shape index (κ3) is 4.40. The smallest absolute Gasteiger partial charge is 0.254 e. The van der Waals surface area contributed by atoms with E-state index in [0.29, 0.717) is 31.1 Å². The minimum Gasteiger partial charge on any atom is -0.490 e. The van der Waals surface area contributed by atoms with E-state index in [1.54, 1.807) is 0 Å². The minimum atomic E-state index is 0.0295. The molecule has 1 fully saturated rings. The highest BCUT2D eigenvalue weighted by atomic mass is 16.5. The van der Waals surface area contributed by atoms with Gasteiger partial charge in [-0.1, -0.05) is 11.2 Å². The van der Waals surface area contributed by atoms with Crippen molar-refractivity contribution < 1.29 is 23.5 Å². The lowest BCUT2D eigenvalue weighted by Crippen LogP contribution is -2.30. The summed E-state index contributed by atoms with van der Waals surface area (Å²) in [6.07, 6.45) is 2.78. The molecule has 0 radical (unpaired) electrons. The van der Waals surface area contributed by atoms with Crippen molar-refractivity contribution in [1.82, 2.24) is 10.1 Å². The Morgan fingerprint density at radius 2 is 1.85 bits per heavy atom. The van der Waals surface area contributed by atoms with Crippen molar-refractivity contribution in [3.8, 4) is 17.2 Å². The van der Waals surface area contributed by atoms with Crippen LogP contribution in [0.4, 0.5) is 0 Å². The second-order valence-electron chi connectivity index (χ2n) is 8.53. The van der Waals surface area contributed by atoms with Gasteiger partial charge < -0.3 is 23.6 Å². The molecule has 0 unspecified atom stereocenters. The summed E-state index contributed by atoms with van der Waals surface area (Å²) in [4.78, 5) is 15.3. The maximum atomic E-state index is 13.3. The average molecular weight is 449 g/mol. The summed E-state index contributed by atoms with van der Waals surface area (Å²) < 4.78 is 22.7. The number of hydrogen-bond donors (Lipinski definition) is 0. The molecule has 0 aliphatic carbocycles. The largest absolute Gasteiger partial charge is 0.490 e. The molecule has 1 atom stereocenters. The normalized spacial score (nSPS) is 17.6. The molecular formula is C26H28N2O5. The van der Waals surface area contributed by atoms with Gasteiger partial charge in [0, 0.05) is 18.5 Å². The molecule has 7 nitrogen and oxygen atoms in total. The number of rotatable bonds is 5. The summed E-state index contributed by atoms with van der Waals surface area (Å²) >= 11 is 0. The quantitative estimate of drug-likeness (QED) is 0.546. The van der Waals surface area contributed by atoms with E-state index >= 15 is 0 Å². The maximum absolute atomic E-state index is 13.3. The van der Waals surface area contributed by atoms with Crippen LogP contribution in [0.1, 0.15) is 58.2 Å². The fraction of sp³-hybridized carbons (Fsp3) is 0.385. The summed E-state index contributed by atoms with van der Waals surface area (Å²) in [5.74, 6) is 3.03. The molecule has 3 aromatic rings. The number of aromatic nitrogens is 1. The second kappa shape index (κ2) is 9.17. The second-order valence-corrected chi connectivity index (χ2v) is 8.53. The predicted octanol–water partition coefficient (Wildman–Crippen LogP) is 5.01. The molecule has 2 aromatic carbocycles. The van der Waals surface area contributed by atoms with Gasteiger partial charge in [0.2, 0.25) is 0 Å². The standard InChI is InChI=1S/C26H28N2O5/c1-17-22(18(2)33-27-17)16-32-21-9-6-19(7-10-21)26(29)28-12-3-5-23(28)20-8-11-24-25(15-20)31-14-4-13-30-24/h6-11,15,23H,3-5,12-14,16H2,1-2H3/t23-/m0/s1.